The van der Waals surface area contributed by atoms with Crippen molar-refractivity contribution in [3.05, 3.63) is 0 Å². The average Bonchev–Trinajstić information content (AvgIpc) is 2.80. The lowest BCUT2D eigenvalue weighted by Gasteiger charge is -2.31. The van der Waals surface area contributed by atoms with E-state index in [0.717, 1.165) is 19.3 Å². The van der Waals surface area contributed by atoms with Crippen molar-refractivity contribution in [1.82, 2.24) is 10.6 Å². The van der Waals surface area contributed by atoms with Gasteiger partial charge in [0.2, 0.25) is 0 Å². The van der Waals surface area contributed by atoms with Gasteiger partial charge in [-0.1, -0.05) is 40.5 Å². The second-order valence-corrected chi connectivity index (χ2v) is 7.19. The molecule has 1 aliphatic rings. The molecule has 0 aromatic heterocycles. The summed E-state index contributed by atoms with van der Waals surface area (Å²) in [5, 5.41) is 14.6. The van der Waals surface area contributed by atoms with E-state index in [1.165, 1.54) is 12.8 Å². The van der Waals surface area contributed by atoms with Crippen molar-refractivity contribution in [2.45, 2.75) is 65.8 Å². The first-order valence-corrected chi connectivity index (χ1v) is 8.03. The first-order valence-electron chi connectivity index (χ1n) is 8.03. The molecule has 1 saturated carbocycles. The minimum atomic E-state index is -0.988. The minimum Gasteiger partial charge on any atom is -0.480 e. The molecule has 5 nitrogen and oxygen atoms in total. The minimum absolute atomic E-state index is 0.135. The van der Waals surface area contributed by atoms with Crippen LogP contribution >= 0.6 is 0 Å². The van der Waals surface area contributed by atoms with E-state index >= 15 is 0 Å². The van der Waals surface area contributed by atoms with Gasteiger partial charge in [0.15, 0.2) is 0 Å². The quantitative estimate of drug-likeness (QED) is 0.676. The zero-order valence-corrected chi connectivity index (χ0v) is 13.7. The van der Waals surface area contributed by atoms with Crippen LogP contribution in [-0.2, 0) is 4.79 Å². The molecule has 0 aromatic rings. The Bertz CT molecular complexity index is 361. The maximum absolute atomic E-state index is 12.0. The third-order valence-electron chi connectivity index (χ3n) is 4.35. The number of hydrogen-bond donors (Lipinski definition) is 3. The van der Waals surface area contributed by atoms with Crippen molar-refractivity contribution in [3.63, 3.8) is 0 Å². The summed E-state index contributed by atoms with van der Waals surface area (Å²) in [6, 6.07) is -1.21. The van der Waals surface area contributed by atoms with Crippen molar-refractivity contribution in [2.75, 3.05) is 6.54 Å². The fraction of sp³-hybridized carbons (Fsp3) is 0.875. The predicted octanol–water partition coefficient (Wildman–Crippen LogP) is 3.00. The van der Waals surface area contributed by atoms with Crippen LogP contribution in [-0.4, -0.2) is 29.7 Å². The number of amides is 2. The van der Waals surface area contributed by atoms with Gasteiger partial charge in [0.05, 0.1) is 0 Å². The smallest absolute Gasteiger partial charge is 0.326 e. The Labute approximate surface area is 127 Å². The molecule has 122 valence electrons. The highest BCUT2D eigenvalue weighted by molar-refractivity contribution is 5.82. The zero-order valence-electron chi connectivity index (χ0n) is 13.7. The van der Waals surface area contributed by atoms with Gasteiger partial charge in [-0.05, 0) is 36.5 Å². The van der Waals surface area contributed by atoms with E-state index in [1.807, 2.05) is 0 Å². The molecule has 1 rings (SSSR count). The van der Waals surface area contributed by atoms with Gasteiger partial charge in [0, 0.05) is 6.54 Å². The number of carbonyl (C=O) groups is 2. The van der Waals surface area contributed by atoms with Gasteiger partial charge in [-0.15, -0.1) is 0 Å². The van der Waals surface area contributed by atoms with E-state index < -0.39 is 12.0 Å². The maximum atomic E-state index is 12.0. The Balaban J connectivity index is 2.52. The molecule has 0 bridgehead atoms. The van der Waals surface area contributed by atoms with Crippen LogP contribution in [0.1, 0.15) is 59.8 Å². The Morgan fingerprint density at radius 1 is 1.14 bits per heavy atom. The predicted molar refractivity (Wildman–Crippen MR) is 83.2 cm³/mol. The van der Waals surface area contributed by atoms with Gasteiger partial charge < -0.3 is 15.7 Å². The second-order valence-electron chi connectivity index (χ2n) is 7.19. The van der Waals surface area contributed by atoms with Gasteiger partial charge in [0.1, 0.15) is 6.04 Å². The topological polar surface area (TPSA) is 78.4 Å². The van der Waals surface area contributed by atoms with Gasteiger partial charge in [0.25, 0.3) is 0 Å². The van der Waals surface area contributed by atoms with Crippen LogP contribution in [0.25, 0.3) is 0 Å². The lowest BCUT2D eigenvalue weighted by atomic mass is 9.78. The molecule has 0 aliphatic heterocycles. The normalized spacial score (nSPS) is 18.8. The van der Waals surface area contributed by atoms with Gasteiger partial charge in [-0.25, -0.2) is 9.59 Å². The van der Waals surface area contributed by atoms with Crippen molar-refractivity contribution < 1.29 is 14.7 Å². The monoisotopic (exact) mass is 298 g/mol. The number of rotatable bonds is 7. The van der Waals surface area contributed by atoms with E-state index in [-0.39, 0.29) is 17.4 Å². The number of aliphatic carboxylic acids is 1. The zero-order chi connectivity index (χ0) is 16.0. The summed E-state index contributed by atoms with van der Waals surface area (Å²) in [5.41, 5.74) is 0.196. The Morgan fingerprint density at radius 3 is 2.14 bits per heavy atom. The molecule has 3 N–H and O–H groups in total. The van der Waals surface area contributed by atoms with Crippen LogP contribution < -0.4 is 10.6 Å². The van der Waals surface area contributed by atoms with E-state index in [0.29, 0.717) is 12.5 Å². The summed E-state index contributed by atoms with van der Waals surface area (Å²) in [7, 11) is 0. The van der Waals surface area contributed by atoms with Crippen LogP contribution in [0.15, 0.2) is 0 Å². The third kappa shape index (κ3) is 5.56. The Morgan fingerprint density at radius 2 is 1.71 bits per heavy atom. The molecule has 1 unspecified atom stereocenters. The molecule has 0 saturated heterocycles. The van der Waals surface area contributed by atoms with E-state index in [1.54, 1.807) is 13.8 Å². The molecule has 1 atom stereocenters. The summed E-state index contributed by atoms with van der Waals surface area (Å²) in [4.78, 5) is 23.1. The molecular weight excluding hydrogens is 268 g/mol. The van der Waals surface area contributed by atoms with Crippen LogP contribution in [0.4, 0.5) is 4.79 Å². The Hall–Kier alpha value is -1.26. The van der Waals surface area contributed by atoms with Crippen molar-refractivity contribution in [2.24, 2.45) is 17.3 Å². The highest BCUT2D eigenvalue weighted by atomic mass is 16.4. The van der Waals surface area contributed by atoms with Crippen molar-refractivity contribution >= 4 is 12.0 Å². The second kappa shape index (κ2) is 7.66. The molecular formula is C16H30N2O3. The van der Waals surface area contributed by atoms with Gasteiger partial charge in [-0.3, -0.25) is 0 Å². The lowest BCUT2D eigenvalue weighted by molar-refractivity contribution is -0.140. The number of carboxylic acids is 1. The van der Waals surface area contributed by atoms with Crippen LogP contribution in [0, 0.1) is 17.3 Å². The molecule has 0 heterocycles. The molecule has 0 aromatic carbocycles. The Kier molecular flexibility index (Phi) is 6.49. The van der Waals surface area contributed by atoms with Crippen LogP contribution in [0.3, 0.4) is 0 Å². The van der Waals surface area contributed by atoms with Crippen molar-refractivity contribution in [3.8, 4) is 0 Å². The number of hydrogen-bond acceptors (Lipinski definition) is 2. The standard InChI is InChI=1S/C16H30N2O3/c1-11(2)9-16(7-5-6-8-16)10-17-15(21)18-13(12(3)4)14(19)20/h11-13H,5-10H2,1-4H3,(H,19,20)(H2,17,18,21). The van der Waals surface area contributed by atoms with Crippen molar-refractivity contribution in [1.29, 1.82) is 0 Å². The van der Waals surface area contributed by atoms with E-state index in [4.69, 9.17) is 5.11 Å². The highest BCUT2D eigenvalue weighted by Gasteiger charge is 2.35. The van der Waals surface area contributed by atoms with Gasteiger partial charge in [-0.2, -0.15) is 0 Å². The van der Waals surface area contributed by atoms with E-state index in [9.17, 15) is 9.59 Å². The molecule has 0 radical (unpaired) electrons. The summed E-state index contributed by atoms with van der Waals surface area (Å²) in [6.45, 7) is 8.63. The third-order valence-corrected chi connectivity index (χ3v) is 4.35. The average molecular weight is 298 g/mol. The number of carbonyl (C=O) groups excluding carboxylic acids is 1. The first-order chi connectivity index (χ1) is 9.76. The summed E-state index contributed by atoms with van der Waals surface area (Å²) in [5.74, 6) is -0.516. The SMILES string of the molecule is CC(C)CC1(CNC(=O)NC(C(=O)O)C(C)C)CCCC1. The summed E-state index contributed by atoms with van der Waals surface area (Å²) in [6.07, 6.45) is 5.86. The molecule has 5 heteroatoms. The van der Waals surface area contributed by atoms with Gasteiger partial charge >= 0.3 is 12.0 Å². The number of urea groups is 1. The van der Waals surface area contributed by atoms with E-state index in [2.05, 4.69) is 24.5 Å². The lowest BCUT2D eigenvalue weighted by Crippen LogP contribution is -2.50. The number of nitrogens with one attached hydrogen (secondary N) is 2. The largest absolute Gasteiger partial charge is 0.480 e. The highest BCUT2D eigenvalue weighted by Crippen LogP contribution is 2.42. The molecule has 2 amide bonds. The molecule has 21 heavy (non-hydrogen) atoms. The maximum Gasteiger partial charge on any atom is 0.326 e. The fourth-order valence-electron chi connectivity index (χ4n) is 3.42. The first kappa shape index (κ1) is 17.8. The molecule has 0 spiro atoms. The summed E-state index contributed by atoms with van der Waals surface area (Å²) >= 11 is 0. The fourth-order valence-corrected chi connectivity index (χ4v) is 3.42. The van der Waals surface area contributed by atoms with Crippen LogP contribution in [0.5, 0.6) is 0 Å². The molecule has 1 fully saturated rings. The number of carboxylic acid groups (broad SMARTS) is 1. The summed E-state index contributed by atoms with van der Waals surface area (Å²) < 4.78 is 0. The van der Waals surface area contributed by atoms with Crippen LogP contribution in [0.2, 0.25) is 0 Å². The molecule has 1 aliphatic carbocycles.